The molecule has 10 nitrogen and oxygen atoms in total. The van der Waals surface area contributed by atoms with Crippen LogP contribution in [-0.2, 0) is 27.9 Å². The topological polar surface area (TPSA) is 116 Å². The van der Waals surface area contributed by atoms with E-state index in [0.29, 0.717) is 24.5 Å². The van der Waals surface area contributed by atoms with Crippen LogP contribution in [0.25, 0.3) is 12.2 Å². The van der Waals surface area contributed by atoms with Gasteiger partial charge in [-0.25, -0.2) is 17.8 Å². The van der Waals surface area contributed by atoms with Crippen molar-refractivity contribution in [3.8, 4) is 0 Å². The summed E-state index contributed by atoms with van der Waals surface area (Å²) >= 11 is 3.35. The van der Waals surface area contributed by atoms with Gasteiger partial charge in [0.2, 0.25) is 10.0 Å². The van der Waals surface area contributed by atoms with Crippen molar-refractivity contribution in [2.75, 3.05) is 13.1 Å². The van der Waals surface area contributed by atoms with E-state index in [0.717, 1.165) is 15.6 Å². The summed E-state index contributed by atoms with van der Waals surface area (Å²) in [4.78, 5) is 13.8. The van der Waals surface area contributed by atoms with Gasteiger partial charge in [0.05, 0.1) is 30.4 Å². The van der Waals surface area contributed by atoms with Crippen molar-refractivity contribution in [2.45, 2.75) is 18.0 Å². The summed E-state index contributed by atoms with van der Waals surface area (Å²) in [6.07, 6.45) is 6.66. The lowest BCUT2D eigenvalue weighted by Crippen LogP contribution is -2.41. The molecule has 1 aliphatic rings. The van der Waals surface area contributed by atoms with Crippen LogP contribution in [0.4, 0.5) is 0 Å². The molecule has 6 rings (SSSR count). The van der Waals surface area contributed by atoms with E-state index >= 15 is 0 Å². The molecule has 1 fully saturated rings. The zero-order valence-electron chi connectivity index (χ0n) is 22.9. The monoisotopic (exact) mass is 655 g/mol. The SMILES string of the molecule is O=C1C(=Cc2cn(Cc3ccccc3)nn2)CN(S(=O)(=O)c2ccc(Br)cc2)CC1=Cc1cn(Cc2ccccc2)nn1. The second-order valence-electron chi connectivity index (χ2n) is 10.0. The Bertz CT molecular complexity index is 1810. The molecular weight excluding hydrogens is 630 g/mol. The van der Waals surface area contributed by atoms with Crippen molar-refractivity contribution in [1.29, 1.82) is 0 Å². The summed E-state index contributed by atoms with van der Waals surface area (Å²) in [6, 6.07) is 26.0. The molecule has 216 valence electrons. The Kier molecular flexibility index (Phi) is 8.23. The van der Waals surface area contributed by atoms with Gasteiger partial charge in [-0.05, 0) is 47.5 Å². The maximum atomic E-state index is 13.7. The first-order chi connectivity index (χ1) is 20.8. The molecule has 3 heterocycles. The van der Waals surface area contributed by atoms with Crippen LogP contribution in [0.3, 0.4) is 0 Å². The Labute approximate surface area is 257 Å². The van der Waals surface area contributed by atoms with Gasteiger partial charge in [0.15, 0.2) is 5.78 Å². The van der Waals surface area contributed by atoms with Crippen molar-refractivity contribution in [3.63, 3.8) is 0 Å². The molecule has 0 bridgehead atoms. The van der Waals surface area contributed by atoms with Gasteiger partial charge in [-0.1, -0.05) is 87.0 Å². The summed E-state index contributed by atoms with van der Waals surface area (Å²) in [6.45, 7) is 0.805. The van der Waals surface area contributed by atoms with Crippen molar-refractivity contribution < 1.29 is 13.2 Å². The summed E-state index contributed by atoms with van der Waals surface area (Å²) in [5, 5.41) is 16.8. The van der Waals surface area contributed by atoms with E-state index in [-0.39, 0.29) is 34.9 Å². The van der Waals surface area contributed by atoms with E-state index in [9.17, 15) is 13.2 Å². The molecule has 0 amide bonds. The minimum Gasteiger partial charge on any atom is -0.289 e. The number of hydrogen-bond acceptors (Lipinski definition) is 7. The number of ketones is 1. The van der Waals surface area contributed by atoms with Gasteiger partial charge < -0.3 is 0 Å². The number of sulfonamides is 1. The molecule has 2 aromatic heterocycles. The van der Waals surface area contributed by atoms with Gasteiger partial charge in [-0.2, -0.15) is 4.31 Å². The molecule has 1 aliphatic heterocycles. The molecule has 0 saturated carbocycles. The van der Waals surface area contributed by atoms with Crippen LogP contribution in [0.2, 0.25) is 0 Å². The number of carbonyl (C=O) groups excluding carboxylic acids is 1. The van der Waals surface area contributed by atoms with Crippen molar-refractivity contribution in [2.24, 2.45) is 0 Å². The lowest BCUT2D eigenvalue weighted by atomic mass is 9.97. The molecular formula is C31H26BrN7O3S. The zero-order chi connectivity index (χ0) is 29.8. The quantitative estimate of drug-likeness (QED) is 0.227. The molecule has 0 radical (unpaired) electrons. The van der Waals surface area contributed by atoms with Crippen LogP contribution in [0, 0.1) is 0 Å². The summed E-state index contributed by atoms with van der Waals surface area (Å²) in [7, 11) is -3.93. The number of halogens is 1. The van der Waals surface area contributed by atoms with Gasteiger partial charge >= 0.3 is 0 Å². The molecule has 5 aromatic rings. The van der Waals surface area contributed by atoms with Gasteiger partial charge in [0, 0.05) is 28.7 Å². The first-order valence-corrected chi connectivity index (χ1v) is 15.7. The second-order valence-corrected chi connectivity index (χ2v) is 12.9. The van der Waals surface area contributed by atoms with Crippen molar-refractivity contribution >= 4 is 43.9 Å². The number of nitrogens with zero attached hydrogens (tertiary/aromatic N) is 7. The number of benzene rings is 3. The van der Waals surface area contributed by atoms with E-state index < -0.39 is 10.0 Å². The number of piperidine rings is 1. The highest BCUT2D eigenvalue weighted by Gasteiger charge is 2.34. The average molecular weight is 657 g/mol. The Morgan fingerprint density at radius 2 is 1.16 bits per heavy atom. The molecule has 1 saturated heterocycles. The molecule has 0 unspecified atom stereocenters. The normalized spacial score (nSPS) is 16.3. The van der Waals surface area contributed by atoms with Gasteiger partial charge in [0.25, 0.3) is 0 Å². The predicted molar refractivity (Wildman–Crippen MR) is 165 cm³/mol. The van der Waals surface area contributed by atoms with Crippen LogP contribution in [0.5, 0.6) is 0 Å². The molecule has 0 N–H and O–H groups in total. The smallest absolute Gasteiger partial charge is 0.243 e. The summed E-state index contributed by atoms with van der Waals surface area (Å²) in [5.41, 5.74) is 3.57. The third-order valence-corrected chi connectivity index (χ3v) is 9.19. The summed E-state index contributed by atoms with van der Waals surface area (Å²) < 4.78 is 32.8. The van der Waals surface area contributed by atoms with E-state index in [1.54, 1.807) is 46.0 Å². The maximum Gasteiger partial charge on any atom is 0.243 e. The van der Waals surface area contributed by atoms with Crippen molar-refractivity contribution in [1.82, 2.24) is 34.3 Å². The van der Waals surface area contributed by atoms with Gasteiger partial charge in [-0.15, -0.1) is 10.2 Å². The van der Waals surface area contributed by atoms with Crippen LogP contribution >= 0.6 is 15.9 Å². The van der Waals surface area contributed by atoms with Crippen molar-refractivity contribution in [3.05, 3.63) is 135 Å². The number of aromatic nitrogens is 6. The largest absolute Gasteiger partial charge is 0.289 e. The minimum atomic E-state index is -3.93. The predicted octanol–water partition coefficient (Wildman–Crippen LogP) is 4.47. The van der Waals surface area contributed by atoms with E-state index in [1.807, 2.05) is 60.7 Å². The van der Waals surface area contributed by atoms with Crippen LogP contribution in [-0.4, -0.2) is 61.6 Å². The van der Waals surface area contributed by atoms with Crippen LogP contribution in [0.15, 0.2) is 118 Å². The average Bonchev–Trinajstić information content (AvgIpc) is 3.65. The highest BCUT2D eigenvalue weighted by molar-refractivity contribution is 9.10. The lowest BCUT2D eigenvalue weighted by molar-refractivity contribution is -0.113. The Hall–Kier alpha value is -4.52. The third kappa shape index (κ3) is 6.77. The molecule has 0 aliphatic carbocycles. The molecule has 0 spiro atoms. The molecule has 43 heavy (non-hydrogen) atoms. The van der Waals surface area contributed by atoms with Gasteiger partial charge in [0.1, 0.15) is 11.4 Å². The molecule has 12 heteroatoms. The number of rotatable bonds is 8. The number of hydrogen-bond donors (Lipinski definition) is 0. The third-order valence-electron chi connectivity index (χ3n) is 6.86. The first-order valence-electron chi connectivity index (χ1n) is 13.4. The fourth-order valence-electron chi connectivity index (χ4n) is 4.75. The van der Waals surface area contributed by atoms with E-state index in [1.165, 1.54) is 16.4 Å². The second kappa shape index (κ2) is 12.4. The Balaban J connectivity index is 1.31. The minimum absolute atomic E-state index is 0.110. The van der Waals surface area contributed by atoms with Crippen LogP contribution < -0.4 is 0 Å². The highest BCUT2D eigenvalue weighted by atomic mass is 79.9. The van der Waals surface area contributed by atoms with Crippen LogP contribution in [0.1, 0.15) is 22.5 Å². The first kappa shape index (κ1) is 28.6. The van der Waals surface area contributed by atoms with E-state index in [2.05, 4.69) is 36.6 Å². The fraction of sp³-hybridized carbons (Fsp3) is 0.129. The Morgan fingerprint density at radius 1 is 0.698 bits per heavy atom. The Morgan fingerprint density at radius 3 is 1.63 bits per heavy atom. The molecule has 3 aromatic carbocycles. The lowest BCUT2D eigenvalue weighted by Gasteiger charge is -2.29. The maximum absolute atomic E-state index is 13.7. The fourth-order valence-corrected chi connectivity index (χ4v) is 6.41. The highest BCUT2D eigenvalue weighted by Crippen LogP contribution is 2.27. The van der Waals surface area contributed by atoms with Gasteiger partial charge in [-0.3, -0.25) is 4.79 Å². The number of carbonyl (C=O) groups is 1. The standard InChI is InChI=1S/C31H26BrN7O3S/c32-27-11-13-30(14-12-27)43(41,42)39-19-25(15-28-21-37(35-33-28)17-23-7-3-1-4-8-23)31(40)26(20-39)16-29-22-38(36-34-29)18-24-9-5-2-6-10-24/h1-16,21-22H,17-20H2. The zero-order valence-corrected chi connectivity index (χ0v) is 25.3. The summed E-state index contributed by atoms with van der Waals surface area (Å²) in [5.74, 6) is -0.280. The number of Topliss-reactive ketones (excluding diaryl/α,β-unsaturated/α-hetero) is 1. The van der Waals surface area contributed by atoms with E-state index in [4.69, 9.17) is 0 Å². The molecule has 0 atom stereocenters.